The Balaban J connectivity index is 0.00000211. The van der Waals surface area contributed by atoms with Gasteiger partial charge in [0.15, 0.2) is 0 Å². The first-order valence-corrected chi connectivity index (χ1v) is 6.35. The van der Waals surface area contributed by atoms with Crippen molar-refractivity contribution in [2.24, 2.45) is 16.8 Å². The monoisotopic (exact) mass is 315 g/mol. The number of hydrogen-bond acceptors (Lipinski definition) is 9. The summed E-state index contributed by atoms with van der Waals surface area (Å²) in [5.41, 5.74) is 2.83. The van der Waals surface area contributed by atoms with Gasteiger partial charge in [-0.3, -0.25) is 9.69 Å². The molecule has 1 aliphatic rings. The fraction of sp³-hybridized carbons (Fsp3) is 0.636. The van der Waals surface area contributed by atoms with Gasteiger partial charge in [-0.15, -0.1) is 0 Å². The SMILES string of the molecule is C#N.CONC1CCCN(CC(=O)N(N)/C(=N\N)C(=O)O)C1. The third kappa shape index (κ3) is 6.02. The lowest BCUT2D eigenvalue weighted by atomic mass is 10.1. The molecule has 1 fully saturated rings. The van der Waals surface area contributed by atoms with Crippen molar-refractivity contribution in [3.63, 3.8) is 0 Å². The number of nitriles is 1. The summed E-state index contributed by atoms with van der Waals surface area (Å²) in [6, 6.07) is 0.120. The Labute approximate surface area is 128 Å². The Morgan fingerprint density at radius 1 is 1.59 bits per heavy atom. The zero-order chi connectivity index (χ0) is 17.1. The van der Waals surface area contributed by atoms with Crippen molar-refractivity contribution in [2.75, 3.05) is 26.7 Å². The minimum atomic E-state index is -1.46. The van der Waals surface area contributed by atoms with Crippen molar-refractivity contribution in [2.45, 2.75) is 18.9 Å². The number of hydrogen-bond donors (Lipinski definition) is 4. The van der Waals surface area contributed by atoms with Crippen LogP contribution < -0.4 is 17.2 Å². The lowest BCUT2D eigenvalue weighted by Gasteiger charge is -2.32. The fourth-order valence-electron chi connectivity index (χ4n) is 2.07. The van der Waals surface area contributed by atoms with Crippen molar-refractivity contribution in [1.29, 1.82) is 5.26 Å². The summed E-state index contributed by atoms with van der Waals surface area (Å²) in [5.74, 6) is 7.57. The number of hydrazone groups is 1. The second-order valence-corrected chi connectivity index (χ2v) is 4.42. The smallest absolute Gasteiger partial charge is 0.375 e. The van der Waals surface area contributed by atoms with Crippen LogP contribution >= 0.6 is 0 Å². The number of nitrogens with one attached hydrogen (secondary N) is 1. The molecule has 22 heavy (non-hydrogen) atoms. The molecular weight excluding hydrogens is 294 g/mol. The van der Waals surface area contributed by atoms with Crippen molar-refractivity contribution in [1.82, 2.24) is 15.4 Å². The van der Waals surface area contributed by atoms with E-state index in [0.29, 0.717) is 11.6 Å². The number of hydroxylamine groups is 1. The summed E-state index contributed by atoms with van der Waals surface area (Å²) in [6.07, 6.45) is 1.84. The van der Waals surface area contributed by atoms with Crippen LogP contribution in [0.15, 0.2) is 5.10 Å². The molecule has 1 amide bonds. The number of carboxylic acids is 1. The van der Waals surface area contributed by atoms with Crippen LogP contribution in [-0.4, -0.2) is 65.5 Å². The molecule has 0 bridgehead atoms. The predicted octanol–water partition coefficient (Wildman–Crippen LogP) is -2.20. The summed E-state index contributed by atoms with van der Waals surface area (Å²) in [5, 5.41) is 18.7. The van der Waals surface area contributed by atoms with Crippen LogP contribution in [0, 0.1) is 11.8 Å². The molecule has 0 aromatic carbocycles. The molecule has 124 valence electrons. The molecule has 0 aromatic rings. The van der Waals surface area contributed by atoms with Gasteiger partial charge in [-0.05, 0) is 19.4 Å². The number of nitrogens with two attached hydrogens (primary N) is 2. The summed E-state index contributed by atoms with van der Waals surface area (Å²) in [4.78, 5) is 29.4. The second-order valence-electron chi connectivity index (χ2n) is 4.42. The first-order valence-electron chi connectivity index (χ1n) is 6.35. The standard InChI is InChI=1S/C10H20N6O4.CHN/c1-20-14-7-3-2-4-15(5-7)6-8(17)16(12)9(13-11)10(18)19;1-2/h7,14H,2-6,11-12H2,1H3,(H,18,19);1H/b13-9-;. The van der Waals surface area contributed by atoms with Gasteiger partial charge in [-0.25, -0.2) is 20.9 Å². The summed E-state index contributed by atoms with van der Waals surface area (Å²) in [6.45, 7) is 4.82. The molecule has 1 rings (SSSR count). The average molecular weight is 315 g/mol. The number of amides is 1. The second kappa shape index (κ2) is 10.5. The molecule has 1 aliphatic heterocycles. The number of carbonyl (C=O) groups excluding carboxylic acids is 1. The van der Waals surface area contributed by atoms with E-state index < -0.39 is 17.7 Å². The maximum atomic E-state index is 11.9. The fourth-order valence-corrected chi connectivity index (χ4v) is 2.07. The van der Waals surface area contributed by atoms with Crippen LogP contribution in [0.5, 0.6) is 0 Å². The van der Waals surface area contributed by atoms with E-state index in [2.05, 4.69) is 17.2 Å². The lowest BCUT2D eigenvalue weighted by Crippen LogP contribution is -2.53. The van der Waals surface area contributed by atoms with E-state index in [9.17, 15) is 9.59 Å². The lowest BCUT2D eigenvalue weighted by molar-refractivity contribution is -0.135. The Morgan fingerprint density at radius 3 is 2.73 bits per heavy atom. The molecule has 0 radical (unpaired) electrons. The summed E-state index contributed by atoms with van der Waals surface area (Å²) < 4.78 is 0. The number of aliphatic carboxylic acids is 1. The van der Waals surface area contributed by atoms with Crippen LogP contribution in [0.3, 0.4) is 0 Å². The molecule has 1 atom stereocenters. The Bertz CT molecular complexity index is 424. The van der Waals surface area contributed by atoms with Crippen LogP contribution in [0.4, 0.5) is 0 Å². The largest absolute Gasteiger partial charge is 0.475 e. The molecule has 11 nitrogen and oxygen atoms in total. The van der Waals surface area contributed by atoms with Gasteiger partial charge >= 0.3 is 5.97 Å². The van der Waals surface area contributed by atoms with Crippen LogP contribution in [0.2, 0.25) is 0 Å². The van der Waals surface area contributed by atoms with E-state index in [1.165, 1.54) is 7.11 Å². The van der Waals surface area contributed by atoms with E-state index in [1.807, 2.05) is 4.90 Å². The minimum Gasteiger partial charge on any atom is -0.475 e. The van der Waals surface area contributed by atoms with Gasteiger partial charge in [-0.1, -0.05) is 0 Å². The van der Waals surface area contributed by atoms with Gasteiger partial charge < -0.3 is 15.8 Å². The molecular formula is C11H21N7O4. The van der Waals surface area contributed by atoms with Gasteiger partial charge in [0.2, 0.25) is 0 Å². The maximum Gasteiger partial charge on any atom is 0.375 e. The normalized spacial score (nSPS) is 18.9. The highest BCUT2D eigenvalue weighted by Crippen LogP contribution is 2.09. The molecule has 1 unspecified atom stereocenters. The Kier molecular flexibility index (Phi) is 9.39. The third-order valence-corrected chi connectivity index (χ3v) is 2.96. The van der Waals surface area contributed by atoms with Gasteiger partial charge in [0.05, 0.1) is 13.7 Å². The van der Waals surface area contributed by atoms with Gasteiger partial charge in [0, 0.05) is 19.2 Å². The first-order chi connectivity index (χ1) is 10.5. The topological polar surface area (TPSA) is 170 Å². The predicted molar refractivity (Wildman–Crippen MR) is 76.6 cm³/mol. The van der Waals surface area contributed by atoms with Crippen molar-refractivity contribution in [3.8, 4) is 6.57 Å². The number of piperidine rings is 1. The molecule has 0 spiro atoms. The highest BCUT2D eigenvalue weighted by Gasteiger charge is 2.26. The van der Waals surface area contributed by atoms with Crippen molar-refractivity contribution < 1.29 is 19.5 Å². The van der Waals surface area contributed by atoms with Crippen molar-refractivity contribution >= 4 is 17.7 Å². The third-order valence-electron chi connectivity index (χ3n) is 2.96. The van der Waals surface area contributed by atoms with E-state index in [-0.39, 0.29) is 12.6 Å². The highest BCUT2D eigenvalue weighted by atomic mass is 16.6. The number of hydrazine groups is 1. The minimum absolute atomic E-state index is 0.00923. The zero-order valence-electron chi connectivity index (χ0n) is 12.3. The molecule has 1 heterocycles. The molecule has 1 saturated heterocycles. The van der Waals surface area contributed by atoms with Crippen LogP contribution in [-0.2, 0) is 14.4 Å². The van der Waals surface area contributed by atoms with Crippen molar-refractivity contribution in [3.05, 3.63) is 0 Å². The molecule has 0 saturated carbocycles. The number of rotatable bonds is 4. The zero-order valence-corrected chi connectivity index (χ0v) is 12.3. The van der Waals surface area contributed by atoms with Gasteiger partial charge in [0.1, 0.15) is 0 Å². The number of carboxylic acid groups (broad SMARTS) is 1. The van der Waals surface area contributed by atoms with Gasteiger partial charge in [0.25, 0.3) is 11.7 Å². The molecule has 11 heteroatoms. The summed E-state index contributed by atoms with van der Waals surface area (Å²) in [7, 11) is 1.53. The quantitative estimate of drug-likeness (QED) is 0.148. The van der Waals surface area contributed by atoms with E-state index >= 15 is 0 Å². The number of likely N-dealkylation sites (tertiary alicyclic amines) is 1. The highest BCUT2D eigenvalue weighted by molar-refractivity contribution is 6.36. The van der Waals surface area contributed by atoms with E-state index in [0.717, 1.165) is 19.4 Å². The Hall–Kier alpha value is -2.26. The summed E-state index contributed by atoms with van der Waals surface area (Å²) >= 11 is 0. The van der Waals surface area contributed by atoms with Gasteiger partial charge in [-0.2, -0.15) is 10.6 Å². The molecule has 0 aliphatic carbocycles. The first kappa shape index (κ1) is 19.7. The number of carbonyl (C=O) groups is 2. The molecule has 0 aromatic heterocycles. The Morgan fingerprint density at radius 2 is 2.23 bits per heavy atom. The number of amidine groups is 1. The van der Waals surface area contributed by atoms with Crippen LogP contribution in [0.1, 0.15) is 12.8 Å². The maximum absolute atomic E-state index is 11.9. The van der Waals surface area contributed by atoms with E-state index in [4.69, 9.17) is 26.9 Å². The number of nitrogens with zero attached hydrogens (tertiary/aromatic N) is 4. The average Bonchev–Trinajstić information content (AvgIpc) is 2.50. The van der Waals surface area contributed by atoms with Crippen LogP contribution in [0.25, 0.3) is 0 Å². The van der Waals surface area contributed by atoms with E-state index in [1.54, 1.807) is 0 Å². The molecule has 6 N–H and O–H groups in total.